The molecule has 0 saturated carbocycles. The number of imidazole rings is 1. The summed E-state index contributed by atoms with van der Waals surface area (Å²) in [4.78, 5) is 3.98. The van der Waals surface area contributed by atoms with Gasteiger partial charge in [-0.3, -0.25) is 4.99 Å². The molecule has 0 atom stereocenters. The van der Waals surface area contributed by atoms with Crippen LogP contribution in [0.1, 0.15) is 5.69 Å². The SMILES string of the molecule is Cn1c[n+](C)cc1C([O-])=Nc1cc(Cl)cc(Cl)c1. The number of hydrogen-bond donors (Lipinski definition) is 0. The van der Waals surface area contributed by atoms with Gasteiger partial charge in [-0.1, -0.05) is 23.2 Å². The molecule has 1 heterocycles. The zero-order valence-electron chi connectivity index (χ0n) is 9.89. The average Bonchev–Trinajstić information content (AvgIpc) is 2.56. The minimum absolute atomic E-state index is 0.337. The first-order valence-electron chi connectivity index (χ1n) is 5.19. The molecule has 18 heavy (non-hydrogen) atoms. The van der Waals surface area contributed by atoms with Crippen LogP contribution in [0.15, 0.2) is 35.7 Å². The van der Waals surface area contributed by atoms with Crippen LogP contribution in [0.3, 0.4) is 0 Å². The number of aryl methyl sites for hydroxylation is 2. The largest absolute Gasteiger partial charge is 0.856 e. The number of hydrogen-bond acceptors (Lipinski definition) is 2. The predicted molar refractivity (Wildman–Crippen MR) is 69.2 cm³/mol. The van der Waals surface area contributed by atoms with E-state index in [1.54, 1.807) is 46.9 Å². The normalized spacial score (nSPS) is 11.9. The lowest BCUT2D eigenvalue weighted by Gasteiger charge is -2.07. The Balaban J connectivity index is 2.41. The Kier molecular flexibility index (Phi) is 3.59. The van der Waals surface area contributed by atoms with E-state index in [0.717, 1.165) is 0 Å². The predicted octanol–water partition coefficient (Wildman–Crippen LogP) is 1.59. The standard InChI is InChI=1S/C12H11Cl2N3O/c1-16-6-11(17(2)7-16)12(18)15-10-4-8(13)3-9(14)5-10/h3-7H,1-2H3. The van der Waals surface area contributed by atoms with Crippen molar-refractivity contribution in [2.24, 2.45) is 19.1 Å². The fourth-order valence-electron chi connectivity index (χ4n) is 1.64. The van der Waals surface area contributed by atoms with Gasteiger partial charge in [0.25, 0.3) is 0 Å². The fraction of sp³-hybridized carbons (Fsp3) is 0.167. The van der Waals surface area contributed by atoms with E-state index in [9.17, 15) is 5.11 Å². The highest BCUT2D eigenvalue weighted by Crippen LogP contribution is 2.24. The third kappa shape index (κ3) is 2.83. The molecular formula is C12H11Cl2N3O. The van der Waals surface area contributed by atoms with Gasteiger partial charge in [0.15, 0.2) is 5.69 Å². The van der Waals surface area contributed by atoms with E-state index in [-0.39, 0.29) is 5.90 Å². The van der Waals surface area contributed by atoms with Crippen LogP contribution in [0.4, 0.5) is 5.69 Å². The zero-order chi connectivity index (χ0) is 13.3. The summed E-state index contributed by atoms with van der Waals surface area (Å²) in [5, 5.41) is 12.9. The Labute approximate surface area is 115 Å². The molecule has 2 rings (SSSR count). The van der Waals surface area contributed by atoms with Gasteiger partial charge >= 0.3 is 0 Å². The van der Waals surface area contributed by atoms with Gasteiger partial charge in [-0.25, -0.2) is 9.13 Å². The molecule has 1 aromatic carbocycles. The lowest BCUT2D eigenvalue weighted by Crippen LogP contribution is -2.25. The van der Waals surface area contributed by atoms with Gasteiger partial charge in [0.1, 0.15) is 6.20 Å². The van der Waals surface area contributed by atoms with Crippen molar-refractivity contribution < 1.29 is 9.67 Å². The summed E-state index contributed by atoms with van der Waals surface area (Å²) in [5.41, 5.74) is 0.940. The Morgan fingerprint density at radius 3 is 2.39 bits per heavy atom. The summed E-state index contributed by atoms with van der Waals surface area (Å²) in [7, 11) is 3.63. The van der Waals surface area contributed by atoms with Crippen LogP contribution in [0.5, 0.6) is 0 Å². The number of halogens is 2. The molecule has 0 aliphatic rings. The summed E-state index contributed by atoms with van der Waals surface area (Å²) in [5.74, 6) is -0.337. The molecule has 2 aromatic rings. The number of benzene rings is 1. The second-order valence-electron chi connectivity index (χ2n) is 3.95. The van der Waals surface area contributed by atoms with Gasteiger partial charge in [0, 0.05) is 15.9 Å². The molecule has 0 aliphatic carbocycles. The molecule has 1 aromatic heterocycles. The molecule has 0 aliphatic heterocycles. The highest BCUT2D eigenvalue weighted by Gasteiger charge is 2.07. The first-order valence-corrected chi connectivity index (χ1v) is 5.95. The third-order valence-corrected chi connectivity index (χ3v) is 2.79. The Morgan fingerprint density at radius 2 is 1.89 bits per heavy atom. The van der Waals surface area contributed by atoms with Crippen molar-refractivity contribution in [3.8, 4) is 0 Å². The van der Waals surface area contributed by atoms with Gasteiger partial charge in [0.05, 0.1) is 19.8 Å². The number of aromatic nitrogens is 2. The minimum Gasteiger partial charge on any atom is -0.856 e. The molecule has 0 N–H and O–H groups in total. The lowest BCUT2D eigenvalue weighted by molar-refractivity contribution is -0.671. The summed E-state index contributed by atoms with van der Waals surface area (Å²) >= 11 is 11.7. The van der Waals surface area contributed by atoms with E-state index in [0.29, 0.717) is 21.4 Å². The first kappa shape index (κ1) is 12.9. The van der Waals surface area contributed by atoms with E-state index in [2.05, 4.69) is 4.99 Å². The second-order valence-corrected chi connectivity index (χ2v) is 4.82. The van der Waals surface area contributed by atoms with Crippen molar-refractivity contribution in [3.63, 3.8) is 0 Å². The van der Waals surface area contributed by atoms with E-state index >= 15 is 0 Å². The topological polar surface area (TPSA) is 44.2 Å². The van der Waals surface area contributed by atoms with Crippen LogP contribution in [-0.2, 0) is 14.1 Å². The number of rotatable bonds is 2. The summed E-state index contributed by atoms with van der Waals surface area (Å²) in [6, 6.07) is 4.78. The molecule has 0 fully saturated rings. The van der Waals surface area contributed by atoms with Crippen molar-refractivity contribution in [1.82, 2.24) is 4.57 Å². The lowest BCUT2D eigenvalue weighted by atomic mass is 10.3. The molecule has 94 valence electrons. The van der Waals surface area contributed by atoms with Crippen LogP contribution < -0.4 is 9.67 Å². The molecule has 0 radical (unpaired) electrons. The molecule has 0 unspecified atom stereocenters. The third-order valence-electron chi connectivity index (χ3n) is 2.36. The molecule has 6 heteroatoms. The van der Waals surface area contributed by atoms with Gasteiger partial charge < -0.3 is 5.11 Å². The summed E-state index contributed by atoms with van der Waals surface area (Å²) in [6.07, 6.45) is 3.49. The van der Waals surface area contributed by atoms with Crippen molar-refractivity contribution in [2.45, 2.75) is 0 Å². The molecule has 0 saturated heterocycles. The van der Waals surface area contributed by atoms with Crippen LogP contribution in [0, 0.1) is 0 Å². The van der Waals surface area contributed by atoms with Gasteiger partial charge in [-0.2, -0.15) is 0 Å². The number of nitrogens with zero attached hydrogens (tertiary/aromatic N) is 3. The van der Waals surface area contributed by atoms with E-state index in [4.69, 9.17) is 23.2 Å². The van der Waals surface area contributed by atoms with Crippen molar-refractivity contribution in [3.05, 3.63) is 46.5 Å². The number of aliphatic imine (C=N–C) groups is 1. The maximum atomic E-state index is 12.0. The molecule has 0 amide bonds. The molecular weight excluding hydrogens is 273 g/mol. The first-order chi connectivity index (χ1) is 8.45. The summed E-state index contributed by atoms with van der Waals surface area (Å²) in [6.45, 7) is 0. The van der Waals surface area contributed by atoms with Gasteiger partial charge in [0.2, 0.25) is 6.33 Å². The molecule has 0 bridgehead atoms. The van der Waals surface area contributed by atoms with Crippen LogP contribution in [-0.4, -0.2) is 10.5 Å². The Morgan fingerprint density at radius 1 is 1.28 bits per heavy atom. The highest BCUT2D eigenvalue weighted by atomic mass is 35.5. The monoisotopic (exact) mass is 283 g/mol. The van der Waals surface area contributed by atoms with Gasteiger partial charge in [-0.05, 0) is 18.2 Å². The van der Waals surface area contributed by atoms with Crippen LogP contribution >= 0.6 is 23.2 Å². The zero-order valence-corrected chi connectivity index (χ0v) is 11.4. The van der Waals surface area contributed by atoms with Crippen molar-refractivity contribution in [1.29, 1.82) is 0 Å². The minimum atomic E-state index is -0.337. The van der Waals surface area contributed by atoms with E-state index in [1.807, 2.05) is 7.05 Å². The molecule has 0 spiro atoms. The fourth-order valence-corrected chi connectivity index (χ4v) is 2.15. The second kappa shape index (κ2) is 5.00. The smallest absolute Gasteiger partial charge is 0.243 e. The van der Waals surface area contributed by atoms with Gasteiger partial charge in [-0.15, -0.1) is 0 Å². The quantitative estimate of drug-likeness (QED) is 0.469. The average molecular weight is 284 g/mol. The maximum Gasteiger partial charge on any atom is 0.243 e. The van der Waals surface area contributed by atoms with Crippen LogP contribution in [0.2, 0.25) is 10.0 Å². The Hall–Kier alpha value is -1.52. The van der Waals surface area contributed by atoms with E-state index in [1.165, 1.54) is 0 Å². The highest BCUT2D eigenvalue weighted by molar-refractivity contribution is 6.35. The Bertz CT molecular complexity index is 600. The maximum absolute atomic E-state index is 12.0. The van der Waals surface area contributed by atoms with E-state index < -0.39 is 0 Å². The van der Waals surface area contributed by atoms with Crippen molar-refractivity contribution >= 4 is 34.8 Å². The van der Waals surface area contributed by atoms with Crippen molar-refractivity contribution in [2.75, 3.05) is 0 Å². The van der Waals surface area contributed by atoms with Crippen LogP contribution in [0.25, 0.3) is 0 Å². The summed E-state index contributed by atoms with van der Waals surface area (Å²) < 4.78 is 3.49. The molecule has 4 nitrogen and oxygen atoms in total.